The minimum atomic E-state index is -0.318. The minimum Gasteiger partial charge on any atom is -0.457 e. The van der Waals surface area contributed by atoms with Gasteiger partial charge >= 0.3 is 0 Å². The Balaban J connectivity index is 2.13. The van der Waals surface area contributed by atoms with Gasteiger partial charge < -0.3 is 4.74 Å². The normalized spacial score (nSPS) is 11.2. The van der Waals surface area contributed by atoms with Crippen molar-refractivity contribution in [1.82, 2.24) is 0 Å². The first-order chi connectivity index (χ1) is 9.53. The van der Waals surface area contributed by atoms with Crippen LogP contribution in [0.2, 0.25) is 0 Å². The second kappa shape index (κ2) is 5.91. The monoisotopic (exact) mass is 268 g/mol. The molecule has 20 heavy (non-hydrogen) atoms. The van der Waals surface area contributed by atoms with Gasteiger partial charge in [-0.1, -0.05) is 39.0 Å². The van der Waals surface area contributed by atoms with Crippen LogP contribution >= 0.6 is 0 Å². The molecule has 0 unspecified atom stereocenters. The number of Topliss-reactive ketones (excluding diaryl/α,β-unsaturated/α-hetero) is 1. The van der Waals surface area contributed by atoms with Crippen LogP contribution in [0.25, 0.3) is 0 Å². The number of para-hydroxylation sites is 1. The molecule has 0 bridgehead atoms. The van der Waals surface area contributed by atoms with Crippen molar-refractivity contribution in [3.8, 4) is 11.5 Å². The highest BCUT2D eigenvalue weighted by atomic mass is 16.5. The van der Waals surface area contributed by atoms with Crippen molar-refractivity contribution in [3.63, 3.8) is 0 Å². The summed E-state index contributed by atoms with van der Waals surface area (Å²) in [6.07, 6.45) is 0.827. The average Bonchev–Trinajstić information content (AvgIpc) is 2.48. The molecule has 0 saturated carbocycles. The van der Waals surface area contributed by atoms with Crippen molar-refractivity contribution in [2.24, 2.45) is 5.41 Å². The van der Waals surface area contributed by atoms with Crippen LogP contribution in [-0.4, -0.2) is 5.78 Å². The number of rotatable bonds is 5. The van der Waals surface area contributed by atoms with Gasteiger partial charge in [0, 0.05) is 11.0 Å². The first kappa shape index (κ1) is 14.3. The fourth-order valence-electron chi connectivity index (χ4n) is 1.85. The molecule has 0 spiro atoms. The third-order valence-electron chi connectivity index (χ3n) is 3.59. The van der Waals surface area contributed by atoms with E-state index in [4.69, 9.17) is 4.74 Å². The molecule has 0 saturated heterocycles. The van der Waals surface area contributed by atoms with Gasteiger partial charge in [0.2, 0.25) is 0 Å². The van der Waals surface area contributed by atoms with E-state index in [2.05, 4.69) is 0 Å². The number of carbonyl (C=O) groups excluding carboxylic acids is 1. The van der Waals surface area contributed by atoms with Crippen LogP contribution in [-0.2, 0) is 0 Å². The zero-order valence-electron chi connectivity index (χ0n) is 12.2. The molecule has 0 amide bonds. The maximum atomic E-state index is 12.3. The van der Waals surface area contributed by atoms with Crippen LogP contribution in [0.3, 0.4) is 0 Å². The average molecular weight is 268 g/mol. The molecule has 2 rings (SSSR count). The molecule has 0 aliphatic rings. The molecular weight excluding hydrogens is 248 g/mol. The lowest BCUT2D eigenvalue weighted by Gasteiger charge is -2.20. The fourth-order valence-corrected chi connectivity index (χ4v) is 1.85. The third-order valence-corrected chi connectivity index (χ3v) is 3.59. The summed E-state index contributed by atoms with van der Waals surface area (Å²) in [5, 5.41) is 0. The molecule has 0 heterocycles. The lowest BCUT2D eigenvalue weighted by Crippen LogP contribution is -2.23. The van der Waals surface area contributed by atoms with Gasteiger partial charge in [0.25, 0.3) is 0 Å². The molecule has 0 aromatic heterocycles. The van der Waals surface area contributed by atoms with Crippen molar-refractivity contribution in [1.29, 1.82) is 0 Å². The molecule has 0 fully saturated rings. The van der Waals surface area contributed by atoms with E-state index in [1.165, 1.54) is 0 Å². The maximum absolute atomic E-state index is 12.3. The van der Waals surface area contributed by atoms with Crippen molar-refractivity contribution >= 4 is 5.78 Å². The van der Waals surface area contributed by atoms with Crippen molar-refractivity contribution in [2.45, 2.75) is 27.2 Å². The minimum absolute atomic E-state index is 0.172. The molecule has 104 valence electrons. The number of ketones is 1. The molecule has 0 aliphatic heterocycles. The number of carbonyl (C=O) groups is 1. The highest BCUT2D eigenvalue weighted by molar-refractivity contribution is 6.00. The summed E-state index contributed by atoms with van der Waals surface area (Å²) in [5.41, 5.74) is 0.416. The molecular formula is C18H20O2. The van der Waals surface area contributed by atoms with Gasteiger partial charge in [-0.15, -0.1) is 0 Å². The van der Waals surface area contributed by atoms with E-state index in [1.807, 2.05) is 75.4 Å². The van der Waals surface area contributed by atoms with Gasteiger partial charge in [-0.3, -0.25) is 4.79 Å². The Hall–Kier alpha value is -2.09. The van der Waals surface area contributed by atoms with Gasteiger partial charge in [-0.2, -0.15) is 0 Å². The lowest BCUT2D eigenvalue weighted by atomic mass is 9.82. The van der Waals surface area contributed by atoms with Crippen LogP contribution in [0, 0.1) is 5.41 Å². The van der Waals surface area contributed by atoms with E-state index in [-0.39, 0.29) is 11.2 Å². The van der Waals surface area contributed by atoms with Crippen molar-refractivity contribution in [2.75, 3.05) is 0 Å². The highest BCUT2D eigenvalue weighted by Gasteiger charge is 2.26. The Morgan fingerprint density at radius 1 is 0.950 bits per heavy atom. The number of hydrogen-bond donors (Lipinski definition) is 0. The Morgan fingerprint density at radius 3 is 2.05 bits per heavy atom. The third kappa shape index (κ3) is 3.27. The summed E-state index contributed by atoms with van der Waals surface area (Å²) in [7, 11) is 0. The lowest BCUT2D eigenvalue weighted by molar-refractivity contribution is 0.0833. The van der Waals surface area contributed by atoms with E-state index in [0.717, 1.165) is 23.5 Å². The van der Waals surface area contributed by atoms with Gasteiger partial charge in [0.1, 0.15) is 11.5 Å². The standard InChI is InChI=1S/C18H20O2/c1-4-18(2,3)17(19)14-10-12-16(13-11-14)20-15-8-6-5-7-9-15/h5-13H,4H2,1-3H3. The quantitative estimate of drug-likeness (QED) is 0.705. The van der Waals surface area contributed by atoms with E-state index >= 15 is 0 Å². The Bertz CT molecular complexity index is 568. The Labute approximate surface area is 120 Å². The molecule has 2 nitrogen and oxygen atoms in total. The topological polar surface area (TPSA) is 26.3 Å². The van der Waals surface area contributed by atoms with Crippen molar-refractivity contribution < 1.29 is 9.53 Å². The van der Waals surface area contributed by atoms with Gasteiger partial charge in [0.15, 0.2) is 5.78 Å². The zero-order chi connectivity index (χ0) is 14.6. The molecule has 2 aromatic rings. The zero-order valence-corrected chi connectivity index (χ0v) is 12.2. The molecule has 0 N–H and O–H groups in total. The van der Waals surface area contributed by atoms with Crippen LogP contribution in [0.1, 0.15) is 37.6 Å². The largest absolute Gasteiger partial charge is 0.457 e. The fraction of sp³-hybridized carbons (Fsp3) is 0.278. The van der Waals surface area contributed by atoms with Crippen LogP contribution in [0.4, 0.5) is 0 Å². The van der Waals surface area contributed by atoms with E-state index in [1.54, 1.807) is 0 Å². The van der Waals surface area contributed by atoms with Crippen LogP contribution in [0.15, 0.2) is 54.6 Å². The predicted octanol–water partition coefficient (Wildman–Crippen LogP) is 5.10. The number of benzene rings is 2. The second-order valence-corrected chi connectivity index (χ2v) is 5.51. The molecule has 0 atom stereocenters. The maximum Gasteiger partial charge on any atom is 0.168 e. The molecule has 2 aromatic carbocycles. The van der Waals surface area contributed by atoms with Crippen molar-refractivity contribution in [3.05, 3.63) is 60.2 Å². The number of hydrogen-bond acceptors (Lipinski definition) is 2. The summed E-state index contributed by atoms with van der Waals surface area (Å²) < 4.78 is 5.71. The van der Waals surface area contributed by atoms with E-state index in [9.17, 15) is 4.79 Å². The first-order valence-electron chi connectivity index (χ1n) is 6.91. The van der Waals surface area contributed by atoms with Crippen LogP contribution in [0.5, 0.6) is 11.5 Å². The first-order valence-corrected chi connectivity index (χ1v) is 6.91. The predicted molar refractivity (Wildman–Crippen MR) is 81.4 cm³/mol. The summed E-state index contributed by atoms with van der Waals surface area (Å²) in [5.74, 6) is 1.70. The van der Waals surface area contributed by atoms with E-state index < -0.39 is 0 Å². The summed E-state index contributed by atoms with van der Waals surface area (Å²) in [6, 6.07) is 16.9. The molecule has 0 radical (unpaired) electrons. The van der Waals surface area contributed by atoms with E-state index in [0.29, 0.717) is 0 Å². The Kier molecular flexibility index (Phi) is 4.23. The SMILES string of the molecule is CCC(C)(C)C(=O)c1ccc(Oc2ccccc2)cc1. The van der Waals surface area contributed by atoms with Crippen LogP contribution < -0.4 is 4.74 Å². The van der Waals surface area contributed by atoms with Gasteiger partial charge in [-0.05, 0) is 42.8 Å². The summed E-state index contributed by atoms with van der Waals surface area (Å²) in [4.78, 5) is 12.3. The summed E-state index contributed by atoms with van der Waals surface area (Å²) in [6.45, 7) is 5.98. The smallest absolute Gasteiger partial charge is 0.168 e. The van der Waals surface area contributed by atoms with Gasteiger partial charge in [-0.25, -0.2) is 0 Å². The number of ether oxygens (including phenoxy) is 1. The molecule has 2 heteroatoms. The van der Waals surface area contributed by atoms with Gasteiger partial charge in [0.05, 0.1) is 0 Å². The second-order valence-electron chi connectivity index (χ2n) is 5.51. The highest BCUT2D eigenvalue weighted by Crippen LogP contribution is 2.27. The Morgan fingerprint density at radius 2 is 1.50 bits per heavy atom. The summed E-state index contributed by atoms with van der Waals surface area (Å²) >= 11 is 0. The molecule has 0 aliphatic carbocycles.